The van der Waals surface area contributed by atoms with Crippen LogP contribution in [0.4, 0.5) is 5.69 Å². The Morgan fingerprint density at radius 2 is 2.22 bits per heavy atom. The molecule has 2 N–H and O–H groups in total. The lowest BCUT2D eigenvalue weighted by Crippen LogP contribution is -2.15. The third-order valence-electron chi connectivity index (χ3n) is 3.27. The predicted octanol–water partition coefficient (Wildman–Crippen LogP) is 4.55. The van der Waals surface area contributed by atoms with Crippen LogP contribution in [0.1, 0.15) is 29.3 Å². The standard InChI is InChI=1S/C14H14INOS/c15-14-8-11-12(5-2-6-13(11)18-14)16-9-3-1-4-10(17)7-9/h1,3-4,7-8,12,16-17H,2,5-6H2. The number of phenolic OH excluding ortho intramolecular Hbond substituents is 1. The van der Waals surface area contributed by atoms with Gasteiger partial charge in [-0.25, -0.2) is 0 Å². The highest BCUT2D eigenvalue weighted by Gasteiger charge is 2.22. The highest BCUT2D eigenvalue weighted by atomic mass is 127. The van der Waals surface area contributed by atoms with Crippen LogP contribution < -0.4 is 5.32 Å². The third-order valence-corrected chi connectivity index (χ3v) is 5.24. The van der Waals surface area contributed by atoms with Crippen molar-refractivity contribution in [2.75, 3.05) is 5.32 Å². The number of phenols is 1. The SMILES string of the molecule is Oc1cccc(NC2CCCc3sc(I)cc32)c1. The van der Waals surface area contributed by atoms with Crippen molar-refractivity contribution in [3.8, 4) is 5.75 Å². The Morgan fingerprint density at radius 1 is 1.33 bits per heavy atom. The summed E-state index contributed by atoms with van der Waals surface area (Å²) in [5, 5.41) is 13.0. The summed E-state index contributed by atoms with van der Waals surface area (Å²) in [5.74, 6) is 0.316. The van der Waals surface area contributed by atoms with Gasteiger partial charge in [0.05, 0.1) is 8.93 Å². The molecule has 0 radical (unpaired) electrons. The molecule has 1 aliphatic carbocycles. The van der Waals surface area contributed by atoms with Gasteiger partial charge in [-0.15, -0.1) is 11.3 Å². The Kier molecular flexibility index (Phi) is 3.48. The van der Waals surface area contributed by atoms with E-state index in [2.05, 4.69) is 34.0 Å². The number of hydrogen-bond acceptors (Lipinski definition) is 3. The van der Waals surface area contributed by atoms with Crippen LogP contribution in [0.3, 0.4) is 0 Å². The summed E-state index contributed by atoms with van der Waals surface area (Å²) in [6.07, 6.45) is 3.61. The van der Waals surface area contributed by atoms with Crippen molar-refractivity contribution in [2.24, 2.45) is 0 Å². The van der Waals surface area contributed by atoms with Crippen LogP contribution >= 0.6 is 33.9 Å². The molecule has 1 atom stereocenters. The quantitative estimate of drug-likeness (QED) is 0.760. The number of aryl methyl sites for hydroxylation is 1. The molecule has 0 fully saturated rings. The first kappa shape index (κ1) is 12.3. The molecular formula is C14H14INOS. The fraction of sp³-hybridized carbons (Fsp3) is 0.286. The monoisotopic (exact) mass is 371 g/mol. The maximum atomic E-state index is 9.50. The molecule has 0 spiro atoms. The summed E-state index contributed by atoms with van der Waals surface area (Å²) < 4.78 is 1.36. The van der Waals surface area contributed by atoms with Gasteiger partial charge in [0.2, 0.25) is 0 Å². The van der Waals surface area contributed by atoms with E-state index in [0.717, 1.165) is 12.1 Å². The second kappa shape index (κ2) is 5.09. The number of thiophene rings is 1. The minimum Gasteiger partial charge on any atom is -0.508 e. The number of hydrogen-bond donors (Lipinski definition) is 2. The summed E-state index contributed by atoms with van der Waals surface area (Å²) in [4.78, 5) is 1.52. The van der Waals surface area contributed by atoms with E-state index in [-0.39, 0.29) is 0 Å². The Labute approximate surface area is 124 Å². The van der Waals surface area contributed by atoms with Crippen molar-refractivity contribution in [2.45, 2.75) is 25.3 Å². The Balaban J connectivity index is 1.86. The minimum absolute atomic E-state index is 0.316. The van der Waals surface area contributed by atoms with Crippen molar-refractivity contribution in [1.82, 2.24) is 0 Å². The van der Waals surface area contributed by atoms with Gasteiger partial charge < -0.3 is 10.4 Å². The molecule has 3 rings (SSSR count). The van der Waals surface area contributed by atoms with E-state index in [1.807, 2.05) is 23.5 Å². The van der Waals surface area contributed by atoms with Crippen molar-refractivity contribution in [3.63, 3.8) is 0 Å². The number of halogens is 1. The molecule has 1 aromatic heterocycles. The van der Waals surface area contributed by atoms with Gasteiger partial charge in [0.1, 0.15) is 5.75 Å². The third kappa shape index (κ3) is 2.49. The molecular weight excluding hydrogens is 357 g/mol. The lowest BCUT2D eigenvalue weighted by Gasteiger charge is -2.24. The fourth-order valence-corrected chi connectivity index (χ4v) is 4.59. The highest BCUT2D eigenvalue weighted by Crippen LogP contribution is 2.38. The van der Waals surface area contributed by atoms with Gasteiger partial charge in [0.15, 0.2) is 0 Å². The van der Waals surface area contributed by atoms with E-state index in [4.69, 9.17) is 0 Å². The molecule has 0 bridgehead atoms. The molecule has 2 aromatic rings. The van der Waals surface area contributed by atoms with Crippen molar-refractivity contribution in [3.05, 3.63) is 43.7 Å². The minimum atomic E-state index is 0.316. The first-order chi connectivity index (χ1) is 8.72. The molecule has 18 heavy (non-hydrogen) atoms. The first-order valence-corrected chi connectivity index (χ1v) is 7.95. The topological polar surface area (TPSA) is 32.3 Å². The normalized spacial score (nSPS) is 18.4. The lowest BCUT2D eigenvalue weighted by molar-refractivity contribution is 0.475. The zero-order valence-corrected chi connectivity index (χ0v) is 12.8. The predicted molar refractivity (Wildman–Crippen MR) is 84.4 cm³/mol. The molecule has 4 heteroatoms. The number of benzene rings is 1. The van der Waals surface area contributed by atoms with Gasteiger partial charge in [-0.2, -0.15) is 0 Å². The van der Waals surface area contributed by atoms with Crippen LogP contribution in [0.15, 0.2) is 30.3 Å². The second-order valence-electron chi connectivity index (χ2n) is 4.57. The maximum Gasteiger partial charge on any atom is 0.117 e. The van der Waals surface area contributed by atoms with Gasteiger partial charge in [0, 0.05) is 16.6 Å². The van der Waals surface area contributed by atoms with Gasteiger partial charge in [-0.1, -0.05) is 6.07 Å². The summed E-state index contributed by atoms with van der Waals surface area (Å²) in [7, 11) is 0. The molecule has 0 aliphatic heterocycles. The van der Waals surface area contributed by atoms with E-state index < -0.39 is 0 Å². The molecule has 0 saturated heterocycles. The summed E-state index contributed by atoms with van der Waals surface area (Å²) in [6, 6.07) is 10.0. The molecule has 1 aromatic carbocycles. The van der Waals surface area contributed by atoms with Crippen LogP contribution in [0, 0.1) is 2.88 Å². The molecule has 0 saturated carbocycles. The summed E-state index contributed by atoms with van der Waals surface area (Å²) in [5.41, 5.74) is 2.44. The fourth-order valence-electron chi connectivity index (χ4n) is 2.47. The lowest BCUT2D eigenvalue weighted by atomic mass is 9.94. The van der Waals surface area contributed by atoms with Gasteiger partial charge in [-0.05, 0) is 65.6 Å². The van der Waals surface area contributed by atoms with E-state index in [1.54, 1.807) is 12.1 Å². The van der Waals surface area contributed by atoms with Gasteiger partial charge >= 0.3 is 0 Å². The summed E-state index contributed by atoms with van der Waals surface area (Å²) >= 11 is 4.30. The number of rotatable bonds is 2. The van der Waals surface area contributed by atoms with E-state index in [1.165, 1.54) is 26.2 Å². The number of anilines is 1. The van der Waals surface area contributed by atoms with Crippen LogP contribution in [0.25, 0.3) is 0 Å². The number of nitrogens with one attached hydrogen (secondary N) is 1. The highest BCUT2D eigenvalue weighted by molar-refractivity contribution is 14.1. The van der Waals surface area contributed by atoms with Gasteiger partial charge in [0.25, 0.3) is 0 Å². The maximum absolute atomic E-state index is 9.50. The van der Waals surface area contributed by atoms with Crippen LogP contribution in [0.5, 0.6) is 5.75 Å². The average molecular weight is 371 g/mol. The first-order valence-electron chi connectivity index (χ1n) is 6.06. The zero-order valence-electron chi connectivity index (χ0n) is 9.82. The zero-order chi connectivity index (χ0) is 12.5. The number of fused-ring (bicyclic) bond motifs is 1. The Morgan fingerprint density at radius 3 is 3.06 bits per heavy atom. The van der Waals surface area contributed by atoms with Crippen molar-refractivity contribution >= 4 is 39.6 Å². The van der Waals surface area contributed by atoms with E-state index in [0.29, 0.717) is 11.8 Å². The van der Waals surface area contributed by atoms with Crippen LogP contribution in [-0.4, -0.2) is 5.11 Å². The number of aromatic hydroxyl groups is 1. The van der Waals surface area contributed by atoms with Crippen LogP contribution in [0.2, 0.25) is 0 Å². The molecule has 2 nitrogen and oxygen atoms in total. The van der Waals surface area contributed by atoms with E-state index >= 15 is 0 Å². The molecule has 1 unspecified atom stereocenters. The second-order valence-corrected chi connectivity index (χ2v) is 7.60. The van der Waals surface area contributed by atoms with Gasteiger partial charge in [-0.3, -0.25) is 0 Å². The Bertz CT molecular complexity index is 567. The summed E-state index contributed by atoms with van der Waals surface area (Å²) in [6.45, 7) is 0. The molecule has 0 amide bonds. The van der Waals surface area contributed by atoms with Crippen molar-refractivity contribution < 1.29 is 5.11 Å². The molecule has 1 heterocycles. The van der Waals surface area contributed by atoms with E-state index in [9.17, 15) is 5.11 Å². The van der Waals surface area contributed by atoms with Crippen LogP contribution in [-0.2, 0) is 6.42 Å². The molecule has 1 aliphatic rings. The smallest absolute Gasteiger partial charge is 0.117 e. The average Bonchev–Trinajstić information content (AvgIpc) is 2.71. The van der Waals surface area contributed by atoms with Crippen molar-refractivity contribution in [1.29, 1.82) is 0 Å². The largest absolute Gasteiger partial charge is 0.508 e. The molecule has 94 valence electrons. The Hall–Kier alpha value is -0.750.